The van der Waals surface area contributed by atoms with Crippen LogP contribution in [0.5, 0.6) is 0 Å². The van der Waals surface area contributed by atoms with Gasteiger partial charge in [-0.2, -0.15) is 0 Å². The van der Waals surface area contributed by atoms with Crippen molar-refractivity contribution in [3.05, 3.63) is 84.9 Å². The van der Waals surface area contributed by atoms with E-state index in [1.807, 2.05) is 12.1 Å². The fourth-order valence-electron chi connectivity index (χ4n) is 2.32. The van der Waals surface area contributed by atoms with E-state index in [0.29, 0.717) is 0 Å². The molecule has 0 fully saturated rings. The molecule has 0 spiro atoms. The Morgan fingerprint density at radius 1 is 0.545 bits per heavy atom. The van der Waals surface area contributed by atoms with Crippen LogP contribution in [0.2, 0.25) is 0 Å². The third-order valence-electron chi connectivity index (χ3n) is 3.33. The van der Waals surface area contributed by atoms with Gasteiger partial charge in [0.1, 0.15) is 0 Å². The first kappa shape index (κ1) is 15.7. The van der Waals surface area contributed by atoms with E-state index in [2.05, 4.69) is 109 Å². The number of nitrogens with zero attached hydrogens (tertiary/aromatic N) is 1. The average Bonchev–Trinajstić information content (AvgIpc) is 2.57. The summed E-state index contributed by atoms with van der Waals surface area (Å²) in [5.41, 5.74) is 3.46. The summed E-state index contributed by atoms with van der Waals surface area (Å²) in [6.07, 6.45) is 0. The Labute approximate surface area is 148 Å². The molecule has 0 unspecified atom stereocenters. The summed E-state index contributed by atoms with van der Waals surface area (Å²) in [6, 6.07) is 29.5. The van der Waals surface area contributed by atoms with Gasteiger partial charge in [0.15, 0.2) is 0 Å². The number of benzene rings is 3. The predicted octanol–water partition coefficient (Wildman–Crippen LogP) is 6.88. The summed E-state index contributed by atoms with van der Waals surface area (Å²) in [5, 5.41) is 0.834. The molecule has 3 rings (SSSR count). The van der Waals surface area contributed by atoms with E-state index in [1.54, 1.807) is 0 Å². The molecule has 1 nitrogen and oxygen atoms in total. The first-order valence-corrected chi connectivity index (χ1v) is 12.3. The second-order valence-electron chi connectivity index (χ2n) is 4.76. The van der Waals surface area contributed by atoms with E-state index >= 15 is 0 Å². The van der Waals surface area contributed by atoms with Crippen LogP contribution < -0.4 is 10.2 Å². The molecule has 0 amide bonds. The van der Waals surface area contributed by atoms with Crippen molar-refractivity contribution in [1.82, 2.24) is 0 Å². The van der Waals surface area contributed by atoms with Crippen LogP contribution in [0.1, 0.15) is 0 Å². The van der Waals surface area contributed by atoms with Crippen LogP contribution in [0.15, 0.2) is 84.9 Å². The predicted molar refractivity (Wildman–Crippen MR) is 106 cm³/mol. The summed E-state index contributed by atoms with van der Waals surface area (Å²) in [7, 11) is 0. The van der Waals surface area contributed by atoms with Gasteiger partial charge < -0.3 is 4.90 Å². The van der Waals surface area contributed by atoms with Crippen molar-refractivity contribution in [2.45, 2.75) is 0 Å². The van der Waals surface area contributed by atoms with Crippen molar-refractivity contribution >= 4 is 58.7 Å². The van der Waals surface area contributed by atoms with Crippen molar-refractivity contribution in [2.24, 2.45) is 0 Å². The van der Waals surface area contributed by atoms with Gasteiger partial charge in [-0.15, -0.1) is 0 Å². The number of para-hydroxylation sites is 2. The van der Waals surface area contributed by atoms with Crippen LogP contribution in [0.3, 0.4) is 0 Å². The zero-order chi connectivity index (χ0) is 15.4. The van der Waals surface area contributed by atoms with Crippen molar-refractivity contribution in [1.29, 1.82) is 0 Å². The van der Waals surface area contributed by atoms with Crippen LogP contribution in [0.25, 0.3) is 0 Å². The Bertz CT molecular complexity index is 676. The molecular weight excluding hydrogens is 421 g/mol. The van der Waals surface area contributed by atoms with Crippen molar-refractivity contribution in [2.75, 3.05) is 4.90 Å². The topological polar surface area (TPSA) is 3.24 Å². The highest BCUT2D eigenvalue weighted by Gasteiger charge is 2.12. The Kier molecular flexibility index (Phi) is 5.30. The first-order valence-electron chi connectivity index (χ1n) is 6.88. The SMILES string of the molecule is BrP(Br)c1ccc(N(c2ccccc2)c2ccccc2)cc1. The fraction of sp³-hybridized carbons (Fsp3) is 0. The Balaban J connectivity index is 2.06. The van der Waals surface area contributed by atoms with Gasteiger partial charge in [-0.05, 0) is 72.7 Å². The van der Waals surface area contributed by atoms with E-state index in [0.717, 1.165) is 17.1 Å². The van der Waals surface area contributed by atoms with Crippen molar-refractivity contribution < 1.29 is 0 Å². The molecule has 0 aliphatic rings. The molecule has 3 aromatic rings. The lowest BCUT2D eigenvalue weighted by molar-refractivity contribution is 1.29. The highest BCUT2D eigenvalue weighted by molar-refractivity contribution is 9.70. The first-order chi connectivity index (χ1) is 10.8. The van der Waals surface area contributed by atoms with E-state index < -0.39 is 5.33 Å². The van der Waals surface area contributed by atoms with E-state index in [9.17, 15) is 0 Å². The minimum absolute atomic E-state index is 0.429. The highest BCUT2D eigenvalue weighted by atomic mass is 79.9. The van der Waals surface area contributed by atoms with Crippen LogP contribution in [0, 0.1) is 0 Å². The highest BCUT2D eigenvalue weighted by Crippen LogP contribution is 2.50. The zero-order valence-electron chi connectivity index (χ0n) is 11.7. The van der Waals surface area contributed by atoms with Gasteiger partial charge in [0.05, 0.1) is 5.33 Å². The average molecular weight is 435 g/mol. The second-order valence-corrected chi connectivity index (χ2v) is 12.8. The van der Waals surface area contributed by atoms with Crippen LogP contribution in [0.4, 0.5) is 17.1 Å². The van der Waals surface area contributed by atoms with Crippen molar-refractivity contribution in [3.63, 3.8) is 0 Å². The lowest BCUT2D eigenvalue weighted by Gasteiger charge is -2.25. The molecule has 0 aliphatic heterocycles. The maximum absolute atomic E-state index is 3.60. The van der Waals surface area contributed by atoms with Gasteiger partial charge in [-0.1, -0.05) is 48.5 Å². The van der Waals surface area contributed by atoms with E-state index in [1.165, 1.54) is 5.30 Å². The fourth-order valence-corrected chi connectivity index (χ4v) is 4.11. The number of anilines is 3. The minimum atomic E-state index is -0.429. The minimum Gasteiger partial charge on any atom is -0.311 e. The summed E-state index contributed by atoms with van der Waals surface area (Å²) >= 11 is 7.20. The molecule has 110 valence electrons. The summed E-state index contributed by atoms with van der Waals surface area (Å²) in [6.45, 7) is 0. The van der Waals surface area contributed by atoms with Gasteiger partial charge in [0.25, 0.3) is 0 Å². The summed E-state index contributed by atoms with van der Waals surface area (Å²) in [4.78, 5) is 2.26. The molecule has 0 atom stereocenters. The van der Waals surface area contributed by atoms with E-state index in [4.69, 9.17) is 0 Å². The molecule has 0 saturated heterocycles. The second kappa shape index (κ2) is 7.41. The van der Waals surface area contributed by atoms with Gasteiger partial charge in [-0.3, -0.25) is 0 Å². The van der Waals surface area contributed by atoms with Gasteiger partial charge in [0.2, 0.25) is 0 Å². The number of halogens is 2. The third-order valence-corrected chi connectivity index (χ3v) is 6.48. The van der Waals surface area contributed by atoms with Gasteiger partial charge >= 0.3 is 0 Å². The largest absolute Gasteiger partial charge is 0.311 e. The Hall–Kier alpha value is -1.15. The maximum Gasteiger partial charge on any atom is 0.0654 e. The molecule has 22 heavy (non-hydrogen) atoms. The molecule has 0 aromatic heterocycles. The maximum atomic E-state index is 3.60. The molecule has 0 saturated carbocycles. The molecule has 0 radical (unpaired) electrons. The number of rotatable bonds is 4. The van der Waals surface area contributed by atoms with E-state index in [-0.39, 0.29) is 0 Å². The van der Waals surface area contributed by atoms with Crippen LogP contribution in [-0.2, 0) is 0 Å². The monoisotopic (exact) mass is 433 g/mol. The summed E-state index contributed by atoms with van der Waals surface area (Å²) < 4.78 is 0. The molecule has 4 heteroatoms. The number of hydrogen-bond acceptors (Lipinski definition) is 1. The van der Waals surface area contributed by atoms with Crippen molar-refractivity contribution in [3.8, 4) is 0 Å². The third kappa shape index (κ3) is 3.60. The molecule has 0 aliphatic carbocycles. The Morgan fingerprint density at radius 3 is 1.36 bits per heavy atom. The molecule has 0 bridgehead atoms. The standard InChI is InChI=1S/C18H14Br2NP/c19-22(20)18-13-11-17(12-14-18)21(15-7-3-1-4-8-15)16-9-5-2-6-10-16/h1-14H. The lowest BCUT2D eigenvalue weighted by Crippen LogP contribution is -2.10. The Morgan fingerprint density at radius 2 is 0.955 bits per heavy atom. The smallest absolute Gasteiger partial charge is 0.0654 e. The molecule has 0 N–H and O–H groups in total. The zero-order valence-corrected chi connectivity index (χ0v) is 15.8. The lowest BCUT2D eigenvalue weighted by atomic mass is 10.2. The van der Waals surface area contributed by atoms with Gasteiger partial charge in [-0.25, -0.2) is 0 Å². The molecule has 3 aromatic carbocycles. The normalized spacial score (nSPS) is 10.7. The van der Waals surface area contributed by atoms with Crippen LogP contribution in [-0.4, -0.2) is 0 Å². The quantitative estimate of drug-likeness (QED) is 0.404. The molecular formula is C18H14Br2NP. The number of hydrogen-bond donors (Lipinski definition) is 0. The van der Waals surface area contributed by atoms with Gasteiger partial charge in [0, 0.05) is 17.1 Å². The van der Waals surface area contributed by atoms with Crippen LogP contribution >= 0.6 is 36.3 Å². The summed E-state index contributed by atoms with van der Waals surface area (Å²) in [5.74, 6) is 0. The molecule has 0 heterocycles.